The number of methoxy groups -OCH3 is 1. The number of benzene rings is 3. The van der Waals surface area contributed by atoms with Crippen LogP contribution in [0, 0.1) is 0 Å². The quantitative estimate of drug-likeness (QED) is 0.473. The SMILES string of the molecule is COc1cccc(C(=O)ONc2ccc(N=NC(=O)c3ccccc3O)cc2)c1. The Morgan fingerprint density at radius 1 is 0.966 bits per heavy atom. The van der Waals surface area contributed by atoms with Crippen LogP contribution < -0.4 is 10.2 Å². The second-order valence-electron chi connectivity index (χ2n) is 5.79. The average Bonchev–Trinajstić information content (AvgIpc) is 2.77. The van der Waals surface area contributed by atoms with Crippen molar-refractivity contribution in [3.63, 3.8) is 0 Å². The molecule has 29 heavy (non-hydrogen) atoms. The maximum Gasteiger partial charge on any atom is 0.362 e. The van der Waals surface area contributed by atoms with Gasteiger partial charge >= 0.3 is 5.97 Å². The molecule has 3 rings (SSSR count). The van der Waals surface area contributed by atoms with Gasteiger partial charge in [-0.1, -0.05) is 18.2 Å². The molecule has 0 saturated carbocycles. The molecular weight excluding hydrogens is 374 g/mol. The molecule has 146 valence electrons. The molecule has 8 nitrogen and oxygen atoms in total. The largest absolute Gasteiger partial charge is 0.507 e. The summed E-state index contributed by atoms with van der Waals surface area (Å²) < 4.78 is 5.07. The molecule has 0 saturated heterocycles. The zero-order valence-corrected chi connectivity index (χ0v) is 15.4. The number of rotatable bonds is 6. The van der Waals surface area contributed by atoms with Gasteiger partial charge in [-0.25, -0.2) is 10.3 Å². The van der Waals surface area contributed by atoms with Gasteiger partial charge in [0.05, 0.1) is 29.6 Å². The minimum absolute atomic E-state index is 0.0685. The van der Waals surface area contributed by atoms with E-state index < -0.39 is 11.9 Å². The molecule has 0 radical (unpaired) electrons. The smallest absolute Gasteiger partial charge is 0.362 e. The molecule has 0 bridgehead atoms. The highest BCUT2D eigenvalue weighted by molar-refractivity contribution is 5.97. The Morgan fingerprint density at radius 3 is 2.45 bits per heavy atom. The zero-order chi connectivity index (χ0) is 20.6. The van der Waals surface area contributed by atoms with Gasteiger partial charge in [0.1, 0.15) is 11.5 Å². The third-order valence-corrected chi connectivity index (χ3v) is 3.83. The van der Waals surface area contributed by atoms with Crippen molar-refractivity contribution in [2.75, 3.05) is 12.6 Å². The van der Waals surface area contributed by atoms with Crippen molar-refractivity contribution in [2.45, 2.75) is 0 Å². The van der Waals surface area contributed by atoms with Gasteiger partial charge in [0, 0.05) is 0 Å². The van der Waals surface area contributed by atoms with Crippen molar-refractivity contribution >= 4 is 23.3 Å². The topological polar surface area (TPSA) is 110 Å². The fraction of sp³-hybridized carbons (Fsp3) is 0.0476. The minimum atomic E-state index is -0.655. The summed E-state index contributed by atoms with van der Waals surface area (Å²) in [5.41, 5.74) is 3.87. The van der Waals surface area contributed by atoms with Gasteiger partial charge in [0.15, 0.2) is 0 Å². The highest BCUT2D eigenvalue weighted by Crippen LogP contribution is 2.20. The molecule has 0 aliphatic carbocycles. The molecule has 0 aromatic heterocycles. The lowest BCUT2D eigenvalue weighted by molar-refractivity contribution is 0.0596. The van der Waals surface area contributed by atoms with Crippen molar-refractivity contribution in [1.82, 2.24) is 0 Å². The zero-order valence-electron chi connectivity index (χ0n) is 15.4. The van der Waals surface area contributed by atoms with Crippen LogP contribution in [0.4, 0.5) is 11.4 Å². The summed E-state index contributed by atoms with van der Waals surface area (Å²) in [6.45, 7) is 0. The summed E-state index contributed by atoms with van der Waals surface area (Å²) in [5, 5.41) is 17.1. The number of phenolic OH excluding ortho intramolecular Hbond substituents is 1. The van der Waals surface area contributed by atoms with Crippen LogP contribution in [-0.2, 0) is 4.84 Å². The molecule has 0 heterocycles. The van der Waals surface area contributed by atoms with Crippen LogP contribution in [0.2, 0.25) is 0 Å². The number of carbonyl (C=O) groups excluding carboxylic acids is 2. The fourth-order valence-electron chi connectivity index (χ4n) is 2.32. The van der Waals surface area contributed by atoms with E-state index in [0.717, 1.165) is 0 Å². The van der Waals surface area contributed by atoms with Crippen LogP contribution in [-0.4, -0.2) is 24.1 Å². The molecule has 1 amide bonds. The van der Waals surface area contributed by atoms with E-state index >= 15 is 0 Å². The summed E-state index contributed by atoms with van der Waals surface area (Å²) in [6.07, 6.45) is 0. The van der Waals surface area contributed by atoms with Gasteiger partial charge in [0.2, 0.25) is 0 Å². The van der Waals surface area contributed by atoms with E-state index in [1.165, 1.54) is 19.2 Å². The Hall–Kier alpha value is -4.20. The number of para-hydroxylation sites is 1. The van der Waals surface area contributed by atoms with Crippen LogP contribution in [0.1, 0.15) is 20.7 Å². The number of nitrogens with zero attached hydrogens (tertiary/aromatic N) is 2. The molecular formula is C21H17N3O5. The molecule has 0 fully saturated rings. The number of nitrogens with one attached hydrogen (secondary N) is 1. The predicted octanol–water partition coefficient (Wildman–Crippen LogP) is 4.51. The standard InChI is InChI=1S/C21H17N3O5/c1-28-17-6-4-5-14(13-17)21(27)29-24-16-11-9-15(10-12-16)22-23-20(26)18-7-2-3-8-19(18)25/h2-13,24-25H,1H3. The van der Waals surface area contributed by atoms with Crippen molar-refractivity contribution < 1.29 is 24.3 Å². The van der Waals surface area contributed by atoms with E-state index in [1.807, 2.05) is 0 Å². The van der Waals surface area contributed by atoms with Crippen LogP contribution in [0.3, 0.4) is 0 Å². The number of carbonyl (C=O) groups is 2. The van der Waals surface area contributed by atoms with Crippen molar-refractivity contribution in [1.29, 1.82) is 0 Å². The number of phenols is 1. The highest BCUT2D eigenvalue weighted by Gasteiger charge is 2.10. The molecule has 0 aliphatic rings. The summed E-state index contributed by atoms with van der Waals surface area (Å²) in [4.78, 5) is 29.1. The van der Waals surface area contributed by atoms with E-state index in [-0.39, 0.29) is 11.3 Å². The first-order valence-electron chi connectivity index (χ1n) is 8.52. The van der Waals surface area contributed by atoms with Crippen molar-refractivity contribution in [3.8, 4) is 11.5 Å². The second-order valence-corrected chi connectivity index (χ2v) is 5.79. The molecule has 0 aliphatic heterocycles. The summed E-state index contributed by atoms with van der Waals surface area (Å²) in [7, 11) is 1.51. The summed E-state index contributed by atoms with van der Waals surface area (Å²) in [6, 6.07) is 19.1. The van der Waals surface area contributed by atoms with E-state index in [9.17, 15) is 14.7 Å². The van der Waals surface area contributed by atoms with Gasteiger partial charge in [-0.3, -0.25) is 4.79 Å². The minimum Gasteiger partial charge on any atom is -0.507 e. The maximum absolute atomic E-state index is 12.1. The average molecular weight is 391 g/mol. The number of ether oxygens (including phenoxy) is 1. The van der Waals surface area contributed by atoms with Crippen LogP contribution in [0.15, 0.2) is 83.0 Å². The first-order chi connectivity index (χ1) is 14.1. The Labute approximate surface area is 166 Å². The van der Waals surface area contributed by atoms with Crippen LogP contribution >= 0.6 is 0 Å². The Balaban J connectivity index is 1.58. The lowest BCUT2D eigenvalue weighted by atomic mass is 10.2. The van der Waals surface area contributed by atoms with E-state index in [4.69, 9.17) is 9.57 Å². The van der Waals surface area contributed by atoms with Gasteiger partial charge in [0.25, 0.3) is 5.91 Å². The van der Waals surface area contributed by atoms with Crippen molar-refractivity contribution in [2.24, 2.45) is 10.2 Å². The van der Waals surface area contributed by atoms with Crippen LogP contribution in [0.5, 0.6) is 11.5 Å². The molecule has 0 spiro atoms. The number of aromatic hydroxyl groups is 1. The number of anilines is 1. The van der Waals surface area contributed by atoms with Gasteiger partial charge in [-0.15, -0.1) is 10.2 Å². The maximum atomic E-state index is 12.1. The van der Waals surface area contributed by atoms with Crippen LogP contribution in [0.25, 0.3) is 0 Å². The van der Waals surface area contributed by atoms with Gasteiger partial charge < -0.3 is 14.7 Å². The number of azo groups is 1. The Bertz CT molecular complexity index is 1050. The predicted molar refractivity (Wildman–Crippen MR) is 105 cm³/mol. The summed E-state index contributed by atoms with van der Waals surface area (Å²) in [5.74, 6) is -0.833. The Kier molecular flexibility index (Phi) is 6.16. The third-order valence-electron chi connectivity index (χ3n) is 3.83. The number of hydrogen-bond acceptors (Lipinski definition) is 7. The lowest BCUT2D eigenvalue weighted by Gasteiger charge is -2.07. The molecule has 3 aromatic rings. The fourth-order valence-corrected chi connectivity index (χ4v) is 2.32. The van der Waals surface area contributed by atoms with E-state index in [2.05, 4.69) is 15.7 Å². The van der Waals surface area contributed by atoms with E-state index in [0.29, 0.717) is 22.7 Å². The van der Waals surface area contributed by atoms with Gasteiger partial charge in [-0.05, 0) is 54.6 Å². The van der Waals surface area contributed by atoms with E-state index in [1.54, 1.807) is 60.7 Å². The first kappa shape index (κ1) is 19.6. The lowest BCUT2D eigenvalue weighted by Crippen LogP contribution is -2.10. The molecule has 0 atom stereocenters. The van der Waals surface area contributed by atoms with Gasteiger partial charge in [-0.2, -0.15) is 0 Å². The third kappa shape index (κ3) is 5.16. The molecule has 2 N–H and O–H groups in total. The monoisotopic (exact) mass is 391 g/mol. The molecule has 8 heteroatoms. The normalized spacial score (nSPS) is 10.5. The first-order valence-corrected chi connectivity index (χ1v) is 8.52. The number of amides is 1. The second kappa shape index (κ2) is 9.14. The number of hydrogen-bond donors (Lipinski definition) is 2. The summed E-state index contributed by atoms with van der Waals surface area (Å²) >= 11 is 0. The molecule has 0 unspecified atom stereocenters. The highest BCUT2D eigenvalue weighted by atomic mass is 16.7. The molecule has 3 aromatic carbocycles. The Morgan fingerprint density at radius 2 is 1.72 bits per heavy atom. The van der Waals surface area contributed by atoms with Crippen molar-refractivity contribution in [3.05, 3.63) is 83.9 Å².